The van der Waals surface area contributed by atoms with Crippen LogP contribution in [0.1, 0.15) is 42.1 Å². The maximum atomic E-state index is 13.2. The van der Waals surface area contributed by atoms with Crippen LogP contribution in [0, 0.1) is 0 Å². The van der Waals surface area contributed by atoms with Gasteiger partial charge in [-0.15, -0.1) is 0 Å². The number of ether oxygens (including phenoxy) is 3. The molecule has 2 aromatic carbocycles. The Hall–Kier alpha value is -2.62. The van der Waals surface area contributed by atoms with E-state index in [4.69, 9.17) is 14.2 Å². The summed E-state index contributed by atoms with van der Waals surface area (Å²) in [5, 5.41) is 2.79. The van der Waals surface area contributed by atoms with Gasteiger partial charge in [0.1, 0.15) is 16.4 Å². The predicted octanol–water partition coefficient (Wildman–Crippen LogP) is 3.67. The van der Waals surface area contributed by atoms with Gasteiger partial charge in [-0.2, -0.15) is 4.31 Å². The van der Waals surface area contributed by atoms with Gasteiger partial charge in [-0.3, -0.25) is 4.79 Å². The third kappa shape index (κ3) is 5.40. The van der Waals surface area contributed by atoms with Crippen LogP contribution in [0.4, 0.5) is 5.69 Å². The van der Waals surface area contributed by atoms with E-state index in [9.17, 15) is 13.2 Å². The number of anilines is 1. The van der Waals surface area contributed by atoms with Gasteiger partial charge in [-0.1, -0.05) is 6.42 Å². The summed E-state index contributed by atoms with van der Waals surface area (Å²) >= 11 is 0. The van der Waals surface area contributed by atoms with Crippen LogP contribution in [0.5, 0.6) is 11.5 Å². The van der Waals surface area contributed by atoms with E-state index in [1.165, 1.54) is 17.5 Å². The summed E-state index contributed by atoms with van der Waals surface area (Å²) in [6.45, 7) is 3.72. The smallest absolute Gasteiger partial charge is 0.255 e. The average molecular weight is 463 g/mol. The topological polar surface area (TPSA) is 94.2 Å². The van der Waals surface area contributed by atoms with Crippen LogP contribution >= 0.6 is 0 Å². The standard InChI is InChI=1S/C23H30N2O6S/c1-4-31-16-18-14-17(8-10-20(18)29-2)23(26)24-19-9-11-21(30-3)22(15-19)32(27,28)25-12-6-5-7-13-25/h8-11,14-15H,4-7,12-13,16H2,1-3H3,(H,24,26). The summed E-state index contributed by atoms with van der Waals surface area (Å²) in [6.07, 6.45) is 2.69. The molecule has 0 radical (unpaired) electrons. The molecule has 3 rings (SSSR count). The number of benzene rings is 2. The van der Waals surface area contributed by atoms with E-state index < -0.39 is 10.0 Å². The minimum absolute atomic E-state index is 0.0477. The number of carbonyl (C=O) groups is 1. The van der Waals surface area contributed by atoms with Crippen molar-refractivity contribution in [3.8, 4) is 11.5 Å². The molecule has 0 spiro atoms. The molecule has 174 valence electrons. The Morgan fingerprint density at radius 1 is 1.00 bits per heavy atom. The maximum absolute atomic E-state index is 13.2. The van der Waals surface area contributed by atoms with Gasteiger partial charge in [0.15, 0.2) is 0 Å². The Balaban J connectivity index is 1.86. The third-order valence-corrected chi connectivity index (χ3v) is 7.28. The van der Waals surface area contributed by atoms with Crippen LogP contribution < -0.4 is 14.8 Å². The van der Waals surface area contributed by atoms with Gasteiger partial charge in [-0.25, -0.2) is 8.42 Å². The highest BCUT2D eigenvalue weighted by atomic mass is 32.2. The molecule has 0 aliphatic carbocycles. The Morgan fingerprint density at radius 3 is 2.34 bits per heavy atom. The monoisotopic (exact) mass is 462 g/mol. The summed E-state index contributed by atoms with van der Waals surface area (Å²) < 4.78 is 44.0. The highest BCUT2D eigenvalue weighted by Crippen LogP contribution is 2.31. The molecule has 0 aromatic heterocycles. The van der Waals surface area contributed by atoms with E-state index >= 15 is 0 Å². The highest BCUT2D eigenvalue weighted by Gasteiger charge is 2.29. The average Bonchev–Trinajstić information content (AvgIpc) is 2.83. The van der Waals surface area contributed by atoms with Crippen LogP contribution in [0.25, 0.3) is 0 Å². The van der Waals surface area contributed by atoms with E-state index in [0.29, 0.717) is 43.3 Å². The van der Waals surface area contributed by atoms with Crippen molar-refractivity contribution in [3.05, 3.63) is 47.5 Å². The van der Waals surface area contributed by atoms with Crippen molar-refractivity contribution in [1.82, 2.24) is 4.31 Å². The minimum atomic E-state index is -3.73. The molecule has 1 amide bonds. The fraction of sp³-hybridized carbons (Fsp3) is 0.435. The number of hydrogen-bond acceptors (Lipinski definition) is 6. The van der Waals surface area contributed by atoms with Gasteiger partial charge in [0, 0.05) is 36.5 Å². The Morgan fingerprint density at radius 2 is 1.69 bits per heavy atom. The molecule has 0 atom stereocenters. The molecule has 1 heterocycles. The lowest BCUT2D eigenvalue weighted by atomic mass is 10.1. The van der Waals surface area contributed by atoms with Gasteiger partial charge < -0.3 is 19.5 Å². The second-order valence-corrected chi connectivity index (χ2v) is 9.35. The van der Waals surface area contributed by atoms with E-state index in [1.54, 1.807) is 37.4 Å². The van der Waals surface area contributed by atoms with Crippen LogP contribution in [-0.2, 0) is 21.4 Å². The second kappa shape index (κ2) is 10.8. The van der Waals surface area contributed by atoms with Gasteiger partial charge in [0.05, 0.1) is 20.8 Å². The van der Waals surface area contributed by atoms with Gasteiger partial charge in [0.2, 0.25) is 10.0 Å². The number of sulfonamides is 1. The lowest BCUT2D eigenvalue weighted by molar-refractivity contribution is 0.102. The van der Waals surface area contributed by atoms with E-state index in [2.05, 4.69) is 5.32 Å². The van der Waals surface area contributed by atoms with Crippen LogP contribution in [0.15, 0.2) is 41.3 Å². The lowest BCUT2D eigenvalue weighted by Gasteiger charge is -2.26. The van der Waals surface area contributed by atoms with Crippen molar-refractivity contribution in [1.29, 1.82) is 0 Å². The molecule has 0 unspecified atom stereocenters. The first-order valence-corrected chi connectivity index (χ1v) is 12.1. The van der Waals surface area contributed by atoms with Gasteiger partial charge >= 0.3 is 0 Å². The molecule has 32 heavy (non-hydrogen) atoms. The molecule has 9 heteroatoms. The van der Waals surface area contributed by atoms with Crippen molar-refractivity contribution >= 4 is 21.6 Å². The maximum Gasteiger partial charge on any atom is 0.255 e. The van der Waals surface area contributed by atoms with Gasteiger partial charge in [-0.05, 0) is 56.2 Å². The summed E-state index contributed by atoms with van der Waals surface area (Å²) in [5.74, 6) is 0.517. The van der Waals surface area contributed by atoms with E-state index in [-0.39, 0.29) is 16.6 Å². The Kier molecular flexibility index (Phi) is 8.11. The number of hydrogen-bond donors (Lipinski definition) is 1. The SMILES string of the molecule is CCOCc1cc(C(=O)Nc2ccc(OC)c(S(=O)(=O)N3CCCCC3)c2)ccc1OC. The largest absolute Gasteiger partial charge is 0.496 e. The predicted molar refractivity (Wildman–Crippen MR) is 122 cm³/mol. The molecule has 1 aliphatic rings. The normalized spacial score (nSPS) is 14.7. The number of amides is 1. The molecule has 0 saturated carbocycles. The first-order valence-electron chi connectivity index (χ1n) is 10.6. The molecule has 1 N–H and O–H groups in total. The van der Waals surface area contributed by atoms with Crippen molar-refractivity contribution in [2.45, 2.75) is 37.7 Å². The fourth-order valence-corrected chi connectivity index (χ4v) is 5.35. The highest BCUT2D eigenvalue weighted by molar-refractivity contribution is 7.89. The molecule has 1 fully saturated rings. The number of carbonyl (C=O) groups excluding carboxylic acids is 1. The number of methoxy groups -OCH3 is 2. The zero-order valence-corrected chi connectivity index (χ0v) is 19.5. The zero-order valence-electron chi connectivity index (χ0n) is 18.7. The third-order valence-electron chi connectivity index (χ3n) is 5.36. The summed E-state index contributed by atoms with van der Waals surface area (Å²) in [7, 11) is -0.737. The molecular formula is C23H30N2O6S. The van der Waals surface area contributed by atoms with Crippen molar-refractivity contribution in [2.75, 3.05) is 39.2 Å². The molecule has 2 aromatic rings. The number of nitrogens with zero attached hydrogens (tertiary/aromatic N) is 1. The molecule has 0 bridgehead atoms. The van der Waals surface area contributed by atoms with Crippen molar-refractivity contribution in [2.24, 2.45) is 0 Å². The minimum Gasteiger partial charge on any atom is -0.496 e. The van der Waals surface area contributed by atoms with E-state index in [1.807, 2.05) is 6.92 Å². The second-order valence-electron chi connectivity index (χ2n) is 7.45. The Labute approximate surface area is 189 Å². The Bertz CT molecular complexity index is 1050. The molecule has 8 nitrogen and oxygen atoms in total. The first kappa shape index (κ1) is 24.0. The zero-order chi connectivity index (χ0) is 23.1. The summed E-state index contributed by atoms with van der Waals surface area (Å²) in [6, 6.07) is 9.70. The summed E-state index contributed by atoms with van der Waals surface area (Å²) in [5.41, 5.74) is 1.54. The van der Waals surface area contributed by atoms with Crippen molar-refractivity contribution < 1.29 is 27.4 Å². The van der Waals surface area contributed by atoms with Crippen LogP contribution in [0.3, 0.4) is 0 Å². The number of nitrogens with one attached hydrogen (secondary N) is 1. The molecular weight excluding hydrogens is 432 g/mol. The summed E-state index contributed by atoms with van der Waals surface area (Å²) in [4.78, 5) is 12.9. The number of piperidine rings is 1. The lowest BCUT2D eigenvalue weighted by Crippen LogP contribution is -2.35. The first-order chi connectivity index (χ1) is 15.4. The van der Waals surface area contributed by atoms with Crippen LogP contribution in [0.2, 0.25) is 0 Å². The van der Waals surface area contributed by atoms with E-state index in [0.717, 1.165) is 24.8 Å². The van der Waals surface area contributed by atoms with Crippen LogP contribution in [-0.4, -0.2) is 52.5 Å². The van der Waals surface area contributed by atoms with Gasteiger partial charge in [0.25, 0.3) is 5.91 Å². The fourth-order valence-electron chi connectivity index (χ4n) is 3.65. The molecule has 1 saturated heterocycles. The quantitative estimate of drug-likeness (QED) is 0.611. The number of rotatable bonds is 9. The molecule has 1 aliphatic heterocycles. The van der Waals surface area contributed by atoms with Crippen molar-refractivity contribution in [3.63, 3.8) is 0 Å².